The first kappa shape index (κ1) is 21.5. The maximum absolute atomic E-state index is 12.8. The number of para-hydroxylation sites is 3. The molecule has 32 heavy (non-hydrogen) atoms. The molecule has 0 aliphatic heterocycles. The molecule has 1 heterocycles. The molecule has 0 unspecified atom stereocenters. The summed E-state index contributed by atoms with van der Waals surface area (Å²) in [5.41, 5.74) is 3.72. The molecule has 0 N–H and O–H groups in total. The molecule has 4 rings (SSSR count). The number of halogens is 2. The first-order valence-corrected chi connectivity index (χ1v) is 10.3. The Bertz CT molecular complexity index is 1190. The van der Waals surface area contributed by atoms with E-state index in [0.717, 1.165) is 28.1 Å². The molecule has 0 bridgehead atoms. The number of benzene rings is 3. The molecule has 3 aromatic carbocycles. The molecule has 4 aromatic rings. The minimum atomic E-state index is -2.86. The van der Waals surface area contributed by atoms with E-state index in [1.54, 1.807) is 24.1 Å². The van der Waals surface area contributed by atoms with Crippen LogP contribution >= 0.6 is 0 Å². The van der Waals surface area contributed by atoms with E-state index in [2.05, 4.69) is 9.30 Å². The zero-order valence-electron chi connectivity index (χ0n) is 17.6. The predicted octanol–water partition coefficient (Wildman–Crippen LogP) is 5.22. The number of aromatic nitrogens is 2. The second-order valence-corrected chi connectivity index (χ2v) is 7.46. The third kappa shape index (κ3) is 4.94. The Kier molecular flexibility index (Phi) is 6.44. The first-order valence-electron chi connectivity index (χ1n) is 10.3. The van der Waals surface area contributed by atoms with Crippen molar-refractivity contribution in [2.45, 2.75) is 26.0 Å². The van der Waals surface area contributed by atoms with Gasteiger partial charge in [0.25, 0.3) is 0 Å². The Morgan fingerprint density at radius 2 is 1.69 bits per heavy atom. The molecule has 1 amide bonds. The first-order chi connectivity index (χ1) is 15.5. The summed E-state index contributed by atoms with van der Waals surface area (Å²) in [6.45, 7) is -2.48. The van der Waals surface area contributed by atoms with Crippen LogP contribution in [0, 0.1) is 0 Å². The van der Waals surface area contributed by atoms with Gasteiger partial charge in [-0.05, 0) is 42.0 Å². The van der Waals surface area contributed by atoms with Crippen LogP contribution in [0.25, 0.3) is 16.7 Å². The predicted molar refractivity (Wildman–Crippen MR) is 119 cm³/mol. The van der Waals surface area contributed by atoms with Crippen molar-refractivity contribution in [2.24, 2.45) is 0 Å². The van der Waals surface area contributed by atoms with E-state index < -0.39 is 6.61 Å². The van der Waals surface area contributed by atoms with Crippen molar-refractivity contribution in [3.8, 4) is 11.4 Å². The standard InChI is InChI=1S/C25H23F2N3O2/c1-29(17-18-11-13-20(14-12-18)32-25(26)27)24(31)16-15-23-28-21-9-5-6-10-22(21)30(23)19-7-3-2-4-8-19/h2-14,25H,15-17H2,1H3. The number of hydrogen-bond donors (Lipinski definition) is 0. The van der Waals surface area contributed by atoms with Crippen molar-refractivity contribution < 1.29 is 18.3 Å². The van der Waals surface area contributed by atoms with Crippen LogP contribution in [0.15, 0.2) is 78.9 Å². The zero-order chi connectivity index (χ0) is 22.5. The highest BCUT2D eigenvalue weighted by Gasteiger charge is 2.16. The molecule has 0 spiro atoms. The van der Waals surface area contributed by atoms with Gasteiger partial charge in [0.15, 0.2) is 0 Å². The van der Waals surface area contributed by atoms with Gasteiger partial charge in [-0.1, -0.05) is 42.5 Å². The Morgan fingerprint density at radius 1 is 1.00 bits per heavy atom. The van der Waals surface area contributed by atoms with Gasteiger partial charge in [-0.15, -0.1) is 0 Å². The minimum Gasteiger partial charge on any atom is -0.435 e. The number of nitrogens with zero attached hydrogens (tertiary/aromatic N) is 3. The Morgan fingerprint density at radius 3 is 2.41 bits per heavy atom. The van der Waals surface area contributed by atoms with Gasteiger partial charge in [0.05, 0.1) is 11.0 Å². The van der Waals surface area contributed by atoms with E-state index >= 15 is 0 Å². The van der Waals surface area contributed by atoms with Gasteiger partial charge in [0.2, 0.25) is 5.91 Å². The van der Waals surface area contributed by atoms with Crippen LogP contribution in [0.3, 0.4) is 0 Å². The quantitative estimate of drug-likeness (QED) is 0.381. The van der Waals surface area contributed by atoms with E-state index in [-0.39, 0.29) is 11.7 Å². The second kappa shape index (κ2) is 9.60. The SMILES string of the molecule is CN(Cc1ccc(OC(F)F)cc1)C(=O)CCc1nc2ccccc2n1-c1ccccc1. The molecule has 7 heteroatoms. The van der Waals surface area contributed by atoms with Crippen molar-refractivity contribution in [2.75, 3.05) is 7.05 Å². The minimum absolute atomic E-state index is 0.0235. The lowest BCUT2D eigenvalue weighted by Gasteiger charge is -2.18. The summed E-state index contributed by atoms with van der Waals surface area (Å²) in [5.74, 6) is 0.898. The van der Waals surface area contributed by atoms with Gasteiger partial charge < -0.3 is 9.64 Å². The van der Waals surface area contributed by atoms with Crippen molar-refractivity contribution >= 4 is 16.9 Å². The Balaban J connectivity index is 1.45. The number of fused-ring (bicyclic) bond motifs is 1. The molecule has 0 radical (unpaired) electrons. The normalized spacial score (nSPS) is 11.1. The number of rotatable bonds is 8. The molecule has 0 fully saturated rings. The van der Waals surface area contributed by atoms with Crippen LogP contribution < -0.4 is 4.74 Å². The Hall–Kier alpha value is -3.74. The van der Waals surface area contributed by atoms with Gasteiger partial charge in [0, 0.05) is 32.1 Å². The second-order valence-electron chi connectivity index (χ2n) is 7.46. The molecule has 0 aliphatic carbocycles. The molecule has 0 atom stereocenters. The lowest BCUT2D eigenvalue weighted by Crippen LogP contribution is -2.26. The van der Waals surface area contributed by atoms with Gasteiger partial charge in [-0.25, -0.2) is 4.98 Å². The van der Waals surface area contributed by atoms with Gasteiger partial charge in [-0.2, -0.15) is 8.78 Å². The average molecular weight is 435 g/mol. The van der Waals surface area contributed by atoms with E-state index in [4.69, 9.17) is 4.98 Å². The number of ether oxygens (including phenoxy) is 1. The van der Waals surface area contributed by atoms with Gasteiger partial charge in [-0.3, -0.25) is 9.36 Å². The van der Waals surface area contributed by atoms with Crippen LogP contribution in [0.4, 0.5) is 8.78 Å². The van der Waals surface area contributed by atoms with Crippen LogP contribution in [-0.4, -0.2) is 34.0 Å². The largest absolute Gasteiger partial charge is 0.435 e. The summed E-state index contributed by atoms with van der Waals surface area (Å²) in [7, 11) is 1.73. The third-order valence-electron chi connectivity index (χ3n) is 5.20. The summed E-state index contributed by atoms with van der Waals surface area (Å²) >= 11 is 0. The summed E-state index contributed by atoms with van der Waals surface area (Å²) in [5, 5.41) is 0. The summed E-state index contributed by atoms with van der Waals surface area (Å²) in [6.07, 6.45) is 0.799. The molecule has 0 saturated carbocycles. The van der Waals surface area contributed by atoms with Crippen LogP contribution in [0.2, 0.25) is 0 Å². The lowest BCUT2D eigenvalue weighted by molar-refractivity contribution is -0.130. The smallest absolute Gasteiger partial charge is 0.387 e. The maximum Gasteiger partial charge on any atom is 0.387 e. The molecular formula is C25H23F2N3O2. The number of alkyl halides is 2. The summed E-state index contributed by atoms with van der Waals surface area (Å²) in [6, 6.07) is 24.2. The number of aryl methyl sites for hydroxylation is 1. The van der Waals surface area contributed by atoms with Crippen LogP contribution in [0.1, 0.15) is 17.8 Å². The molecule has 0 saturated heterocycles. The molecule has 164 valence electrons. The number of amides is 1. The van der Waals surface area contributed by atoms with Crippen LogP contribution in [0.5, 0.6) is 5.75 Å². The van der Waals surface area contributed by atoms with E-state index in [1.807, 2.05) is 54.6 Å². The third-order valence-corrected chi connectivity index (χ3v) is 5.20. The van der Waals surface area contributed by atoms with Crippen LogP contribution in [-0.2, 0) is 17.8 Å². The summed E-state index contributed by atoms with van der Waals surface area (Å²) < 4.78 is 31.0. The van der Waals surface area contributed by atoms with Gasteiger partial charge >= 0.3 is 6.61 Å². The van der Waals surface area contributed by atoms with E-state index in [9.17, 15) is 13.6 Å². The molecule has 0 aliphatic rings. The zero-order valence-corrected chi connectivity index (χ0v) is 17.6. The highest BCUT2D eigenvalue weighted by atomic mass is 19.3. The summed E-state index contributed by atoms with van der Waals surface area (Å²) in [4.78, 5) is 19.1. The monoisotopic (exact) mass is 435 g/mol. The molecule has 5 nitrogen and oxygen atoms in total. The van der Waals surface area contributed by atoms with Crippen molar-refractivity contribution in [3.05, 3.63) is 90.3 Å². The van der Waals surface area contributed by atoms with E-state index in [0.29, 0.717) is 19.4 Å². The number of imidazole rings is 1. The fourth-order valence-electron chi connectivity index (χ4n) is 3.66. The van der Waals surface area contributed by atoms with Crippen molar-refractivity contribution in [1.82, 2.24) is 14.5 Å². The topological polar surface area (TPSA) is 47.4 Å². The van der Waals surface area contributed by atoms with Crippen molar-refractivity contribution in [3.63, 3.8) is 0 Å². The number of carbonyl (C=O) groups excluding carboxylic acids is 1. The maximum atomic E-state index is 12.8. The Labute approximate surface area is 184 Å². The highest BCUT2D eigenvalue weighted by molar-refractivity contribution is 5.79. The van der Waals surface area contributed by atoms with E-state index in [1.165, 1.54) is 12.1 Å². The van der Waals surface area contributed by atoms with Gasteiger partial charge in [0.1, 0.15) is 11.6 Å². The fourth-order valence-corrected chi connectivity index (χ4v) is 3.66. The number of hydrogen-bond acceptors (Lipinski definition) is 3. The lowest BCUT2D eigenvalue weighted by atomic mass is 10.2. The molecular weight excluding hydrogens is 412 g/mol. The average Bonchev–Trinajstić information content (AvgIpc) is 3.17. The molecule has 1 aromatic heterocycles. The highest BCUT2D eigenvalue weighted by Crippen LogP contribution is 2.22. The van der Waals surface area contributed by atoms with Crippen molar-refractivity contribution in [1.29, 1.82) is 0 Å². The number of carbonyl (C=O) groups is 1. The fraction of sp³-hybridized carbons (Fsp3) is 0.200.